The molecule has 1 aromatic rings. The molecule has 0 saturated carbocycles. The van der Waals surface area contributed by atoms with Gasteiger partial charge < -0.3 is 10.1 Å². The van der Waals surface area contributed by atoms with E-state index in [-0.39, 0.29) is 0 Å². The minimum absolute atomic E-state index is 0.351. The Bertz CT molecular complexity index is 272. The van der Waals surface area contributed by atoms with Gasteiger partial charge in [0.1, 0.15) is 0 Å². The van der Waals surface area contributed by atoms with Crippen LogP contribution in [0.5, 0.6) is 0 Å². The first kappa shape index (κ1) is 10.6. The molecule has 0 heterocycles. The number of alkyl carbamates (subject to hydrolysis) is 1. The highest BCUT2D eigenvalue weighted by Crippen LogP contribution is 1.99. The van der Waals surface area contributed by atoms with E-state index < -0.39 is 6.09 Å². The van der Waals surface area contributed by atoms with E-state index >= 15 is 0 Å². The van der Waals surface area contributed by atoms with Crippen LogP contribution in [-0.4, -0.2) is 19.2 Å². The van der Waals surface area contributed by atoms with Crippen molar-refractivity contribution in [2.24, 2.45) is 0 Å². The number of carbonyl (C=O) groups is 1. The van der Waals surface area contributed by atoms with Crippen molar-refractivity contribution >= 4 is 6.09 Å². The average Bonchev–Trinajstić information content (AvgIpc) is 2.20. The lowest BCUT2D eigenvalue weighted by Crippen LogP contribution is -2.24. The van der Waals surface area contributed by atoms with Crippen molar-refractivity contribution in [2.75, 3.05) is 13.2 Å². The fraction of sp³-hybridized carbons (Fsp3) is 0.273. The summed E-state index contributed by atoms with van der Waals surface area (Å²) in [5.74, 6) is 0. The second-order valence-corrected chi connectivity index (χ2v) is 2.80. The molecule has 1 N–H and O–H groups in total. The van der Waals surface area contributed by atoms with Crippen molar-refractivity contribution in [1.82, 2.24) is 5.32 Å². The SMILES string of the molecule is [CH2]CNC(=O)OCCc1ccccc1. The predicted octanol–water partition coefficient (Wildman–Crippen LogP) is 1.79. The number of hydrogen-bond acceptors (Lipinski definition) is 2. The van der Waals surface area contributed by atoms with E-state index in [9.17, 15) is 4.79 Å². The maximum atomic E-state index is 10.9. The molecule has 0 fully saturated rings. The Morgan fingerprint density at radius 3 is 2.71 bits per heavy atom. The Morgan fingerprint density at radius 2 is 2.07 bits per heavy atom. The van der Waals surface area contributed by atoms with Crippen molar-refractivity contribution in [3.8, 4) is 0 Å². The van der Waals surface area contributed by atoms with Crippen molar-refractivity contribution in [3.05, 3.63) is 42.8 Å². The fourth-order valence-corrected chi connectivity index (χ4v) is 1.06. The van der Waals surface area contributed by atoms with Gasteiger partial charge in [-0.3, -0.25) is 0 Å². The summed E-state index contributed by atoms with van der Waals surface area (Å²) in [4.78, 5) is 10.9. The van der Waals surface area contributed by atoms with Gasteiger partial charge in [-0.05, 0) is 12.5 Å². The maximum Gasteiger partial charge on any atom is 0.407 e. The third kappa shape index (κ3) is 3.94. The molecule has 3 heteroatoms. The lowest BCUT2D eigenvalue weighted by atomic mass is 10.2. The third-order valence-electron chi connectivity index (χ3n) is 1.74. The molecule has 0 spiro atoms. The Kier molecular flexibility index (Phi) is 4.55. The first-order valence-electron chi connectivity index (χ1n) is 4.56. The highest BCUT2D eigenvalue weighted by Gasteiger charge is 1.98. The van der Waals surface area contributed by atoms with Crippen molar-refractivity contribution in [1.29, 1.82) is 0 Å². The van der Waals surface area contributed by atoms with Gasteiger partial charge in [-0.1, -0.05) is 30.3 Å². The van der Waals surface area contributed by atoms with Crippen LogP contribution in [0.1, 0.15) is 5.56 Å². The molecule has 0 atom stereocenters. The highest BCUT2D eigenvalue weighted by molar-refractivity contribution is 5.67. The summed E-state index contributed by atoms with van der Waals surface area (Å²) in [7, 11) is 0. The molecule has 1 radical (unpaired) electrons. The Morgan fingerprint density at radius 1 is 1.36 bits per heavy atom. The summed E-state index contributed by atoms with van der Waals surface area (Å²) in [5, 5.41) is 2.46. The number of ether oxygens (including phenoxy) is 1. The van der Waals surface area contributed by atoms with Crippen molar-refractivity contribution < 1.29 is 9.53 Å². The highest BCUT2D eigenvalue weighted by atomic mass is 16.5. The average molecular weight is 192 g/mol. The zero-order valence-electron chi connectivity index (χ0n) is 8.03. The monoisotopic (exact) mass is 192 g/mol. The predicted molar refractivity (Wildman–Crippen MR) is 54.9 cm³/mol. The number of nitrogens with one attached hydrogen (secondary N) is 1. The molecular formula is C11H14NO2. The smallest absolute Gasteiger partial charge is 0.407 e. The van der Waals surface area contributed by atoms with E-state index in [1.807, 2.05) is 30.3 Å². The van der Waals surface area contributed by atoms with Crippen LogP contribution in [0.3, 0.4) is 0 Å². The summed E-state index contributed by atoms with van der Waals surface area (Å²) in [6.07, 6.45) is 0.335. The van der Waals surface area contributed by atoms with Crippen molar-refractivity contribution in [3.63, 3.8) is 0 Å². The lowest BCUT2D eigenvalue weighted by Gasteiger charge is -2.04. The minimum atomic E-state index is -0.407. The maximum absolute atomic E-state index is 10.9. The summed E-state index contributed by atoms with van der Waals surface area (Å²) in [5.41, 5.74) is 1.16. The van der Waals surface area contributed by atoms with E-state index in [4.69, 9.17) is 4.74 Å². The lowest BCUT2D eigenvalue weighted by molar-refractivity contribution is 0.148. The zero-order valence-corrected chi connectivity index (χ0v) is 8.03. The van der Waals surface area contributed by atoms with E-state index in [0.717, 1.165) is 12.0 Å². The third-order valence-corrected chi connectivity index (χ3v) is 1.74. The fourth-order valence-electron chi connectivity index (χ4n) is 1.06. The molecule has 0 aliphatic heterocycles. The van der Waals surface area contributed by atoms with Gasteiger partial charge >= 0.3 is 6.09 Å². The molecule has 0 aromatic heterocycles. The number of carbonyl (C=O) groups excluding carboxylic acids is 1. The number of benzene rings is 1. The second-order valence-electron chi connectivity index (χ2n) is 2.80. The standard InChI is InChI=1S/C11H14NO2/c1-2-12-11(13)14-9-8-10-6-4-3-5-7-10/h3-7H,1-2,8-9H2,(H,12,13). The van der Waals surface area contributed by atoms with Crippen LogP contribution in [-0.2, 0) is 11.2 Å². The number of rotatable bonds is 4. The van der Waals surface area contributed by atoms with Crippen LogP contribution < -0.4 is 5.32 Å². The van der Waals surface area contributed by atoms with E-state index in [0.29, 0.717) is 13.2 Å². The molecule has 0 aliphatic carbocycles. The molecule has 1 amide bonds. The van der Waals surface area contributed by atoms with Crippen LogP contribution in [0.15, 0.2) is 30.3 Å². The Hall–Kier alpha value is -1.51. The molecule has 14 heavy (non-hydrogen) atoms. The molecule has 0 aliphatic rings. The molecule has 75 valence electrons. The molecule has 0 saturated heterocycles. The van der Waals surface area contributed by atoms with Crippen LogP contribution in [0, 0.1) is 6.92 Å². The second kappa shape index (κ2) is 6.02. The molecule has 1 aromatic carbocycles. The van der Waals surface area contributed by atoms with E-state index in [1.165, 1.54) is 0 Å². The van der Waals surface area contributed by atoms with E-state index in [2.05, 4.69) is 12.2 Å². The normalized spacial score (nSPS) is 9.50. The summed E-state index contributed by atoms with van der Waals surface area (Å²) in [6.45, 7) is 4.23. The number of hydrogen-bond donors (Lipinski definition) is 1. The molecule has 0 unspecified atom stereocenters. The van der Waals surface area contributed by atoms with Crippen LogP contribution in [0.2, 0.25) is 0 Å². The summed E-state index contributed by atoms with van der Waals surface area (Å²) in [6, 6.07) is 9.89. The summed E-state index contributed by atoms with van der Waals surface area (Å²) < 4.78 is 4.90. The van der Waals surface area contributed by atoms with Gasteiger partial charge in [0.05, 0.1) is 6.61 Å². The van der Waals surface area contributed by atoms with Gasteiger partial charge in [0.25, 0.3) is 0 Å². The molecule has 3 nitrogen and oxygen atoms in total. The van der Waals surface area contributed by atoms with Gasteiger partial charge in [0, 0.05) is 13.0 Å². The Balaban J connectivity index is 2.19. The van der Waals surface area contributed by atoms with Gasteiger partial charge in [0.15, 0.2) is 0 Å². The minimum Gasteiger partial charge on any atom is -0.449 e. The molecule has 0 bridgehead atoms. The largest absolute Gasteiger partial charge is 0.449 e. The van der Waals surface area contributed by atoms with Gasteiger partial charge in [-0.15, -0.1) is 0 Å². The van der Waals surface area contributed by atoms with Gasteiger partial charge in [0.2, 0.25) is 0 Å². The van der Waals surface area contributed by atoms with Gasteiger partial charge in [-0.2, -0.15) is 0 Å². The summed E-state index contributed by atoms with van der Waals surface area (Å²) >= 11 is 0. The Labute approximate surface area is 84.1 Å². The first-order valence-corrected chi connectivity index (χ1v) is 4.56. The van der Waals surface area contributed by atoms with Crippen LogP contribution >= 0.6 is 0 Å². The zero-order chi connectivity index (χ0) is 10.2. The quantitative estimate of drug-likeness (QED) is 0.789. The van der Waals surface area contributed by atoms with Crippen LogP contribution in [0.25, 0.3) is 0 Å². The van der Waals surface area contributed by atoms with Crippen molar-refractivity contribution in [2.45, 2.75) is 6.42 Å². The van der Waals surface area contributed by atoms with Crippen LogP contribution in [0.4, 0.5) is 4.79 Å². The van der Waals surface area contributed by atoms with Gasteiger partial charge in [-0.25, -0.2) is 4.79 Å². The van der Waals surface area contributed by atoms with E-state index in [1.54, 1.807) is 0 Å². The first-order chi connectivity index (χ1) is 6.83. The molecular weight excluding hydrogens is 178 g/mol. The molecule has 1 rings (SSSR count). The number of amides is 1. The topological polar surface area (TPSA) is 38.3 Å².